The summed E-state index contributed by atoms with van der Waals surface area (Å²) >= 11 is 0. The van der Waals surface area contributed by atoms with Gasteiger partial charge < -0.3 is 0 Å². The average Bonchev–Trinajstić information content (AvgIpc) is 2.00. The quantitative estimate of drug-likeness (QED) is 0.418. The van der Waals surface area contributed by atoms with Gasteiger partial charge >= 0.3 is 0 Å². The highest BCUT2D eigenvalue weighted by Gasteiger charge is 2.36. The fourth-order valence-electron chi connectivity index (χ4n) is 1.81. The van der Waals surface area contributed by atoms with Crippen molar-refractivity contribution in [1.29, 1.82) is 0 Å². The molecule has 0 unspecified atom stereocenters. The molecule has 16 heavy (non-hydrogen) atoms. The minimum absolute atomic E-state index is 0.319. The van der Waals surface area contributed by atoms with Crippen molar-refractivity contribution in [3.05, 3.63) is 0 Å². The molecule has 0 aromatic carbocycles. The number of hydrogen-bond donors (Lipinski definition) is 0. The molecule has 0 aromatic rings. The molecule has 94 valence electrons. The van der Waals surface area contributed by atoms with Gasteiger partial charge in [-0.05, 0) is 42.3 Å². The third-order valence-electron chi connectivity index (χ3n) is 2.48. The molecule has 0 saturated carbocycles. The monoisotopic (exact) mass is 241 g/mol. The molecule has 0 aromatic heterocycles. The van der Waals surface area contributed by atoms with E-state index in [9.17, 15) is 0 Å². The highest BCUT2D eigenvalue weighted by molar-refractivity contribution is 6.83. The number of rotatable bonds is 3. The van der Waals surface area contributed by atoms with Crippen LogP contribution in [0, 0.1) is 11.5 Å². The van der Waals surface area contributed by atoms with E-state index < -0.39 is 8.07 Å². The maximum atomic E-state index is 3.47. The number of hydrogen-bond acceptors (Lipinski definition) is 3. The molecule has 0 amide bonds. The summed E-state index contributed by atoms with van der Waals surface area (Å²) in [4.78, 5) is 6.46. The summed E-state index contributed by atoms with van der Waals surface area (Å²) in [5.74, 6) is 3.14. The van der Waals surface area contributed by atoms with Crippen LogP contribution < -0.4 is 0 Å². The Morgan fingerprint density at radius 1 is 0.750 bits per heavy atom. The normalized spacial score (nSPS) is 13.2. The van der Waals surface area contributed by atoms with Gasteiger partial charge in [0, 0.05) is 0 Å². The second kappa shape index (κ2) is 5.33. The maximum Gasteiger partial charge on any atom is 0.194 e. The zero-order chi connectivity index (χ0) is 13.1. The van der Waals surface area contributed by atoms with E-state index in [1.54, 1.807) is 0 Å². The van der Waals surface area contributed by atoms with Crippen LogP contribution in [0.5, 0.6) is 0 Å². The first-order valence-electron chi connectivity index (χ1n) is 5.60. The summed E-state index contributed by atoms with van der Waals surface area (Å²) < 4.78 is 0. The Bertz CT molecular complexity index is 257. The van der Waals surface area contributed by atoms with Crippen LogP contribution in [0.2, 0.25) is 19.6 Å². The molecular weight excluding hydrogens is 214 g/mol. The van der Waals surface area contributed by atoms with Crippen molar-refractivity contribution in [2.24, 2.45) is 0 Å². The molecule has 0 rings (SSSR count). The van der Waals surface area contributed by atoms with Crippen molar-refractivity contribution in [1.82, 2.24) is 14.7 Å². The van der Waals surface area contributed by atoms with E-state index in [4.69, 9.17) is 0 Å². The largest absolute Gasteiger partial charge is 0.268 e. The fourth-order valence-corrected chi connectivity index (χ4v) is 2.35. The van der Waals surface area contributed by atoms with Crippen molar-refractivity contribution in [2.75, 3.05) is 42.3 Å². The lowest BCUT2D eigenvalue weighted by molar-refractivity contribution is -0.0569. The molecule has 0 aliphatic carbocycles. The lowest BCUT2D eigenvalue weighted by Crippen LogP contribution is -2.63. The first kappa shape index (κ1) is 15.7. The first-order chi connectivity index (χ1) is 7.04. The second-order valence-corrected chi connectivity index (χ2v) is 10.6. The van der Waals surface area contributed by atoms with Crippen LogP contribution in [0.15, 0.2) is 0 Å². The highest BCUT2D eigenvalue weighted by Crippen LogP contribution is 2.17. The average molecular weight is 241 g/mol. The van der Waals surface area contributed by atoms with E-state index in [0.717, 1.165) is 0 Å². The molecule has 0 spiro atoms. The van der Waals surface area contributed by atoms with Crippen LogP contribution in [-0.2, 0) is 0 Å². The molecular formula is C12H27N3Si. The van der Waals surface area contributed by atoms with Gasteiger partial charge in [0.1, 0.15) is 8.07 Å². The molecule has 0 N–H and O–H groups in total. The molecule has 0 radical (unpaired) electrons. The summed E-state index contributed by atoms with van der Waals surface area (Å²) in [7, 11) is 11.1. The predicted molar refractivity (Wildman–Crippen MR) is 74.9 cm³/mol. The fraction of sp³-hybridized carbons (Fsp3) is 0.833. The van der Waals surface area contributed by atoms with Gasteiger partial charge in [0.25, 0.3) is 0 Å². The summed E-state index contributed by atoms with van der Waals surface area (Å²) in [6.45, 7) is 6.81. The Balaban J connectivity index is 5.45. The van der Waals surface area contributed by atoms with Crippen molar-refractivity contribution >= 4 is 8.07 Å². The van der Waals surface area contributed by atoms with Gasteiger partial charge in [0.15, 0.2) is 5.79 Å². The van der Waals surface area contributed by atoms with Gasteiger partial charge in [-0.25, -0.2) is 0 Å². The molecule has 0 fully saturated rings. The SMILES string of the molecule is CN(C)C(C#C[Si](C)(C)C)(N(C)C)N(C)C. The van der Waals surface area contributed by atoms with Gasteiger partial charge in [-0.1, -0.05) is 25.6 Å². The zero-order valence-corrected chi connectivity index (χ0v) is 13.3. The van der Waals surface area contributed by atoms with Crippen LogP contribution in [-0.4, -0.2) is 70.8 Å². The molecule has 0 bridgehead atoms. The van der Waals surface area contributed by atoms with E-state index >= 15 is 0 Å². The molecule has 0 aliphatic rings. The molecule has 0 saturated heterocycles. The summed E-state index contributed by atoms with van der Waals surface area (Å²) in [5.41, 5.74) is 3.47. The Hall–Kier alpha value is -0.343. The smallest absolute Gasteiger partial charge is 0.194 e. The van der Waals surface area contributed by atoms with Crippen molar-refractivity contribution in [3.8, 4) is 11.5 Å². The van der Waals surface area contributed by atoms with Crippen molar-refractivity contribution in [2.45, 2.75) is 25.4 Å². The van der Waals surface area contributed by atoms with Crippen molar-refractivity contribution < 1.29 is 0 Å². The second-order valence-electron chi connectivity index (χ2n) is 5.82. The van der Waals surface area contributed by atoms with Crippen molar-refractivity contribution in [3.63, 3.8) is 0 Å². The summed E-state index contributed by atoms with van der Waals surface area (Å²) in [5, 5.41) is 0. The molecule has 3 nitrogen and oxygen atoms in total. The number of nitrogens with zero attached hydrogens (tertiary/aromatic N) is 3. The first-order valence-corrected chi connectivity index (χ1v) is 9.10. The minimum Gasteiger partial charge on any atom is -0.268 e. The lowest BCUT2D eigenvalue weighted by atomic mass is 10.2. The van der Waals surface area contributed by atoms with Crippen LogP contribution in [0.4, 0.5) is 0 Å². The summed E-state index contributed by atoms with van der Waals surface area (Å²) in [6.07, 6.45) is 0. The van der Waals surface area contributed by atoms with E-state index in [1.807, 2.05) is 0 Å². The van der Waals surface area contributed by atoms with Gasteiger partial charge in [-0.2, -0.15) is 0 Å². The van der Waals surface area contributed by atoms with Crippen LogP contribution >= 0.6 is 0 Å². The van der Waals surface area contributed by atoms with Gasteiger partial charge in [-0.15, -0.1) is 5.54 Å². The van der Waals surface area contributed by atoms with Gasteiger partial charge in [0.2, 0.25) is 0 Å². The molecule has 0 atom stereocenters. The Morgan fingerprint density at radius 2 is 1.06 bits per heavy atom. The van der Waals surface area contributed by atoms with Crippen LogP contribution in [0.25, 0.3) is 0 Å². The van der Waals surface area contributed by atoms with Crippen LogP contribution in [0.3, 0.4) is 0 Å². The third-order valence-corrected chi connectivity index (χ3v) is 3.35. The van der Waals surface area contributed by atoms with Gasteiger partial charge in [0.05, 0.1) is 0 Å². The van der Waals surface area contributed by atoms with E-state index in [2.05, 4.69) is 88.1 Å². The zero-order valence-electron chi connectivity index (χ0n) is 12.3. The predicted octanol–water partition coefficient (Wildman–Crippen LogP) is 1.21. The topological polar surface area (TPSA) is 9.72 Å². The maximum absolute atomic E-state index is 3.47. The minimum atomic E-state index is -1.35. The van der Waals surface area contributed by atoms with E-state index in [-0.39, 0.29) is 5.79 Å². The van der Waals surface area contributed by atoms with E-state index in [1.165, 1.54) is 0 Å². The molecule has 0 aliphatic heterocycles. The Labute approximate surface area is 102 Å². The Kier molecular flexibility index (Phi) is 5.21. The van der Waals surface area contributed by atoms with E-state index in [0.29, 0.717) is 0 Å². The highest BCUT2D eigenvalue weighted by atomic mass is 28.3. The molecule has 4 heteroatoms. The third kappa shape index (κ3) is 3.60. The summed E-state index contributed by atoms with van der Waals surface area (Å²) in [6, 6.07) is 0. The molecule has 0 heterocycles. The standard InChI is InChI=1S/C12H27N3Si/c1-13(2)12(14(3)4,15(5)6)10-11-16(7,8)9/h1-9H3. The van der Waals surface area contributed by atoms with Crippen LogP contribution in [0.1, 0.15) is 0 Å². The Morgan fingerprint density at radius 3 is 1.25 bits per heavy atom. The lowest BCUT2D eigenvalue weighted by Gasteiger charge is -2.45. The van der Waals surface area contributed by atoms with Gasteiger partial charge in [-0.3, -0.25) is 14.7 Å².